The summed E-state index contributed by atoms with van der Waals surface area (Å²) in [6.07, 6.45) is 8.72. The highest BCUT2D eigenvalue weighted by Gasteiger charge is 2.19. The number of carbonyl (C=O) groups excluding carboxylic acids is 1. The van der Waals surface area contributed by atoms with Crippen LogP contribution in [0.25, 0.3) is 0 Å². The summed E-state index contributed by atoms with van der Waals surface area (Å²) in [6, 6.07) is 0. The Morgan fingerprint density at radius 2 is 2.00 bits per heavy atom. The fourth-order valence-corrected chi connectivity index (χ4v) is 1.86. The summed E-state index contributed by atoms with van der Waals surface area (Å²) >= 11 is 0. The molecule has 1 N–H and O–H groups in total. The Bertz CT molecular complexity index is 169. The van der Waals surface area contributed by atoms with Crippen molar-refractivity contribution in [3.05, 3.63) is 12.2 Å². The smallest absolute Gasteiger partial charge is 0.142 e. The van der Waals surface area contributed by atoms with E-state index < -0.39 is 0 Å². The molecule has 1 rings (SSSR count). The van der Waals surface area contributed by atoms with Crippen LogP contribution in [0.1, 0.15) is 25.7 Å². The molecule has 0 heterocycles. The highest BCUT2D eigenvalue weighted by molar-refractivity contribution is 5.64. The summed E-state index contributed by atoms with van der Waals surface area (Å²) in [7, 11) is 0. The van der Waals surface area contributed by atoms with Gasteiger partial charge in [0.25, 0.3) is 0 Å². The standard InChI is InChI=1S/C10H16O3/c11-7-1-2-9-3-5-10(6-4-9)8-13-12/h1-2,7,9-10,12H,3-6,8H2/b2-1+. The molecule has 0 aromatic heterocycles. The van der Waals surface area contributed by atoms with Gasteiger partial charge in [0.05, 0.1) is 6.61 Å². The maximum Gasteiger partial charge on any atom is 0.142 e. The number of hydrogen-bond acceptors (Lipinski definition) is 3. The van der Waals surface area contributed by atoms with Gasteiger partial charge < -0.3 is 0 Å². The molecule has 0 saturated heterocycles. The maximum atomic E-state index is 10.1. The van der Waals surface area contributed by atoms with Crippen LogP contribution in [-0.4, -0.2) is 18.2 Å². The number of rotatable bonds is 4. The molecule has 1 aliphatic rings. The highest BCUT2D eigenvalue weighted by Crippen LogP contribution is 2.29. The Labute approximate surface area is 78.3 Å². The number of allylic oxidation sites excluding steroid dienone is 2. The SMILES string of the molecule is O=C/C=C/C1CCC(COO)CC1. The first-order valence-corrected chi connectivity index (χ1v) is 4.75. The lowest BCUT2D eigenvalue weighted by atomic mass is 9.82. The van der Waals surface area contributed by atoms with Crippen molar-refractivity contribution in [2.24, 2.45) is 11.8 Å². The number of hydrogen-bond donors (Lipinski definition) is 1. The van der Waals surface area contributed by atoms with E-state index >= 15 is 0 Å². The lowest BCUT2D eigenvalue weighted by Gasteiger charge is -2.25. The first-order chi connectivity index (χ1) is 6.36. The van der Waals surface area contributed by atoms with Gasteiger partial charge in [0.15, 0.2) is 0 Å². The molecule has 0 atom stereocenters. The summed E-state index contributed by atoms with van der Waals surface area (Å²) in [5.74, 6) is 1.03. The summed E-state index contributed by atoms with van der Waals surface area (Å²) in [5, 5.41) is 8.27. The number of aldehydes is 1. The van der Waals surface area contributed by atoms with Crippen molar-refractivity contribution < 1.29 is 14.9 Å². The topological polar surface area (TPSA) is 46.5 Å². The van der Waals surface area contributed by atoms with Crippen LogP contribution >= 0.6 is 0 Å². The van der Waals surface area contributed by atoms with Gasteiger partial charge in [-0.1, -0.05) is 6.08 Å². The zero-order valence-electron chi connectivity index (χ0n) is 7.69. The van der Waals surface area contributed by atoms with Crippen LogP contribution in [0, 0.1) is 11.8 Å². The third-order valence-electron chi connectivity index (χ3n) is 2.66. The Balaban J connectivity index is 2.22. The van der Waals surface area contributed by atoms with E-state index in [9.17, 15) is 4.79 Å². The zero-order valence-corrected chi connectivity index (χ0v) is 7.69. The predicted octanol–water partition coefficient (Wildman–Crippen LogP) is 2.04. The van der Waals surface area contributed by atoms with E-state index in [4.69, 9.17) is 5.26 Å². The number of carbonyl (C=O) groups is 1. The molecule has 0 aromatic carbocycles. The Morgan fingerprint density at radius 3 is 2.54 bits per heavy atom. The quantitative estimate of drug-likeness (QED) is 0.315. The van der Waals surface area contributed by atoms with Gasteiger partial charge in [-0.25, -0.2) is 4.89 Å². The zero-order chi connectivity index (χ0) is 9.52. The molecule has 1 fully saturated rings. The second-order valence-electron chi connectivity index (χ2n) is 3.60. The Morgan fingerprint density at radius 1 is 1.31 bits per heavy atom. The van der Waals surface area contributed by atoms with Crippen LogP contribution in [-0.2, 0) is 9.68 Å². The van der Waals surface area contributed by atoms with Gasteiger partial charge in [-0.3, -0.25) is 10.1 Å². The minimum atomic E-state index is 0.449. The van der Waals surface area contributed by atoms with Gasteiger partial charge in [-0.2, -0.15) is 0 Å². The van der Waals surface area contributed by atoms with E-state index in [0.717, 1.165) is 32.0 Å². The molecule has 13 heavy (non-hydrogen) atoms. The van der Waals surface area contributed by atoms with E-state index in [0.29, 0.717) is 18.4 Å². The predicted molar refractivity (Wildman–Crippen MR) is 49.2 cm³/mol. The Hall–Kier alpha value is -0.670. The fraction of sp³-hybridized carbons (Fsp3) is 0.700. The molecular weight excluding hydrogens is 168 g/mol. The minimum Gasteiger partial charge on any atom is -0.299 e. The van der Waals surface area contributed by atoms with E-state index in [1.165, 1.54) is 0 Å². The van der Waals surface area contributed by atoms with Crippen LogP contribution in [0.2, 0.25) is 0 Å². The van der Waals surface area contributed by atoms with Crippen LogP contribution in [0.3, 0.4) is 0 Å². The lowest BCUT2D eigenvalue weighted by Crippen LogP contribution is -2.17. The largest absolute Gasteiger partial charge is 0.299 e. The van der Waals surface area contributed by atoms with Gasteiger partial charge >= 0.3 is 0 Å². The van der Waals surface area contributed by atoms with Crippen molar-refractivity contribution in [2.45, 2.75) is 25.7 Å². The second-order valence-corrected chi connectivity index (χ2v) is 3.60. The average Bonchev–Trinajstić information content (AvgIpc) is 2.17. The van der Waals surface area contributed by atoms with Crippen molar-refractivity contribution in [3.8, 4) is 0 Å². The molecule has 3 nitrogen and oxygen atoms in total. The molecule has 1 saturated carbocycles. The Kier molecular flexibility index (Phi) is 4.72. The minimum absolute atomic E-state index is 0.449. The van der Waals surface area contributed by atoms with Gasteiger partial charge in [0.1, 0.15) is 6.29 Å². The summed E-state index contributed by atoms with van der Waals surface area (Å²) in [4.78, 5) is 14.2. The van der Waals surface area contributed by atoms with Crippen LogP contribution in [0.5, 0.6) is 0 Å². The van der Waals surface area contributed by atoms with E-state index in [2.05, 4.69) is 4.89 Å². The molecule has 0 aromatic rings. The van der Waals surface area contributed by atoms with Gasteiger partial charge in [-0.15, -0.1) is 0 Å². The summed E-state index contributed by atoms with van der Waals surface area (Å²) in [5.41, 5.74) is 0. The van der Waals surface area contributed by atoms with E-state index in [1.807, 2.05) is 6.08 Å². The van der Waals surface area contributed by atoms with Crippen molar-refractivity contribution in [3.63, 3.8) is 0 Å². The van der Waals surface area contributed by atoms with Crippen LogP contribution < -0.4 is 0 Å². The molecule has 0 bridgehead atoms. The highest BCUT2D eigenvalue weighted by atomic mass is 17.1. The molecule has 3 heteroatoms. The average molecular weight is 184 g/mol. The second kappa shape index (κ2) is 5.89. The lowest BCUT2D eigenvalue weighted by molar-refractivity contribution is -0.252. The molecule has 74 valence electrons. The van der Waals surface area contributed by atoms with Crippen molar-refractivity contribution in [1.29, 1.82) is 0 Å². The van der Waals surface area contributed by atoms with E-state index in [1.54, 1.807) is 6.08 Å². The molecule has 0 spiro atoms. The van der Waals surface area contributed by atoms with Gasteiger partial charge in [-0.05, 0) is 43.6 Å². The summed E-state index contributed by atoms with van der Waals surface area (Å²) < 4.78 is 0. The molecular formula is C10H16O3. The monoisotopic (exact) mass is 184 g/mol. The molecule has 1 aliphatic carbocycles. The maximum absolute atomic E-state index is 10.1. The molecule has 0 amide bonds. The summed E-state index contributed by atoms with van der Waals surface area (Å²) in [6.45, 7) is 0.449. The van der Waals surface area contributed by atoms with E-state index in [-0.39, 0.29) is 0 Å². The van der Waals surface area contributed by atoms with Crippen molar-refractivity contribution in [2.75, 3.05) is 6.61 Å². The third-order valence-corrected chi connectivity index (χ3v) is 2.66. The molecule has 0 aliphatic heterocycles. The first kappa shape index (κ1) is 10.4. The third kappa shape index (κ3) is 3.70. The van der Waals surface area contributed by atoms with Gasteiger partial charge in [0.2, 0.25) is 0 Å². The normalized spacial score (nSPS) is 29.3. The van der Waals surface area contributed by atoms with Crippen LogP contribution in [0.4, 0.5) is 0 Å². The van der Waals surface area contributed by atoms with Crippen molar-refractivity contribution >= 4 is 6.29 Å². The van der Waals surface area contributed by atoms with Crippen molar-refractivity contribution in [1.82, 2.24) is 0 Å². The van der Waals surface area contributed by atoms with Crippen LogP contribution in [0.15, 0.2) is 12.2 Å². The molecule has 0 radical (unpaired) electrons. The fourth-order valence-electron chi connectivity index (χ4n) is 1.86. The van der Waals surface area contributed by atoms with Gasteiger partial charge in [0, 0.05) is 0 Å². The first-order valence-electron chi connectivity index (χ1n) is 4.75. The molecule has 0 unspecified atom stereocenters.